The third-order valence-electron chi connectivity index (χ3n) is 4.81. The summed E-state index contributed by atoms with van der Waals surface area (Å²) < 4.78 is 6.47. The first-order valence-corrected chi connectivity index (χ1v) is 7.49. The maximum Gasteiger partial charge on any atom is 0.328 e. The molecule has 0 bridgehead atoms. The zero-order valence-electron chi connectivity index (χ0n) is 12.5. The number of methoxy groups -OCH3 is 1. The Kier molecular flexibility index (Phi) is 3.47. The van der Waals surface area contributed by atoms with Gasteiger partial charge in [-0.1, -0.05) is 0 Å². The lowest BCUT2D eigenvalue weighted by Gasteiger charge is -2.40. The summed E-state index contributed by atoms with van der Waals surface area (Å²) in [6.45, 7) is 2.54. The minimum Gasteiger partial charge on any atom is -0.467 e. The Morgan fingerprint density at radius 2 is 2.24 bits per heavy atom. The summed E-state index contributed by atoms with van der Waals surface area (Å²) in [5.74, 6) is -0.421. The second kappa shape index (κ2) is 5.16. The number of aryl methyl sites for hydroxylation is 1. The van der Waals surface area contributed by atoms with Crippen molar-refractivity contribution in [2.24, 2.45) is 11.3 Å². The van der Waals surface area contributed by atoms with Gasteiger partial charge in [0.1, 0.15) is 11.7 Å². The van der Waals surface area contributed by atoms with E-state index < -0.39 is 6.04 Å². The molecule has 2 aliphatic carbocycles. The largest absolute Gasteiger partial charge is 0.467 e. The van der Waals surface area contributed by atoms with Crippen LogP contribution in [-0.2, 0) is 16.1 Å². The summed E-state index contributed by atoms with van der Waals surface area (Å²) in [7, 11) is 1.36. The van der Waals surface area contributed by atoms with Crippen LogP contribution < -0.4 is 5.32 Å². The maximum atomic E-state index is 12.4. The van der Waals surface area contributed by atoms with E-state index in [-0.39, 0.29) is 17.8 Å². The van der Waals surface area contributed by atoms with Gasteiger partial charge < -0.3 is 10.1 Å². The number of nitrogens with one attached hydrogen (secondary N) is 1. The minimum atomic E-state index is -0.547. The molecule has 6 nitrogen and oxygen atoms in total. The minimum absolute atomic E-state index is 0.196. The van der Waals surface area contributed by atoms with E-state index in [9.17, 15) is 9.59 Å². The predicted molar refractivity (Wildman–Crippen MR) is 75.6 cm³/mol. The van der Waals surface area contributed by atoms with Gasteiger partial charge in [0.15, 0.2) is 0 Å². The number of aromatic nitrogens is 2. The van der Waals surface area contributed by atoms with Crippen molar-refractivity contribution < 1.29 is 14.3 Å². The molecule has 6 heteroatoms. The van der Waals surface area contributed by atoms with Crippen molar-refractivity contribution in [2.75, 3.05) is 7.11 Å². The predicted octanol–water partition coefficient (Wildman–Crippen LogP) is 1.36. The molecule has 1 amide bonds. The van der Waals surface area contributed by atoms with Crippen LogP contribution in [-0.4, -0.2) is 34.8 Å². The molecule has 0 aromatic carbocycles. The lowest BCUT2D eigenvalue weighted by atomic mass is 9.68. The lowest BCUT2D eigenvalue weighted by molar-refractivity contribution is -0.146. The summed E-state index contributed by atoms with van der Waals surface area (Å²) in [6.07, 6.45) is 6.14. The monoisotopic (exact) mass is 291 g/mol. The number of rotatable bonds is 5. The van der Waals surface area contributed by atoms with Crippen LogP contribution >= 0.6 is 0 Å². The molecule has 0 radical (unpaired) electrons. The summed E-state index contributed by atoms with van der Waals surface area (Å²) >= 11 is 0. The van der Waals surface area contributed by atoms with E-state index >= 15 is 0 Å². The Labute approximate surface area is 123 Å². The normalized spacial score (nSPS) is 20.7. The van der Waals surface area contributed by atoms with E-state index in [2.05, 4.69) is 10.4 Å². The molecular weight excluding hydrogens is 270 g/mol. The van der Waals surface area contributed by atoms with E-state index in [1.54, 1.807) is 16.9 Å². The Morgan fingerprint density at radius 1 is 1.52 bits per heavy atom. The second-order valence-electron chi connectivity index (χ2n) is 6.17. The number of carbonyl (C=O) groups excluding carboxylic acids is 2. The highest BCUT2D eigenvalue weighted by atomic mass is 16.5. The first-order chi connectivity index (χ1) is 10.1. The molecule has 21 heavy (non-hydrogen) atoms. The maximum absolute atomic E-state index is 12.4. The molecule has 1 aromatic heterocycles. The number of nitrogens with zero attached hydrogens (tertiary/aromatic N) is 2. The summed E-state index contributed by atoms with van der Waals surface area (Å²) in [5.41, 5.74) is 0.958. The van der Waals surface area contributed by atoms with Crippen molar-refractivity contribution in [1.29, 1.82) is 0 Å². The molecule has 1 spiro atoms. The molecule has 2 saturated carbocycles. The number of hydrogen-bond acceptors (Lipinski definition) is 4. The Bertz CT molecular complexity index is 554. The Morgan fingerprint density at radius 3 is 2.81 bits per heavy atom. The molecule has 1 aromatic rings. The third kappa shape index (κ3) is 2.54. The van der Waals surface area contributed by atoms with Crippen molar-refractivity contribution in [3.8, 4) is 0 Å². The van der Waals surface area contributed by atoms with Crippen molar-refractivity contribution in [2.45, 2.75) is 45.2 Å². The molecule has 3 rings (SSSR count). The van der Waals surface area contributed by atoms with E-state index in [4.69, 9.17) is 4.74 Å². The highest BCUT2D eigenvalue weighted by molar-refractivity contribution is 5.95. The molecule has 0 saturated heterocycles. The average Bonchev–Trinajstić information content (AvgIpc) is 3.11. The fourth-order valence-electron chi connectivity index (χ4n) is 3.36. The first-order valence-electron chi connectivity index (χ1n) is 7.49. The zero-order valence-corrected chi connectivity index (χ0v) is 12.5. The van der Waals surface area contributed by atoms with Crippen molar-refractivity contribution in [1.82, 2.24) is 15.1 Å². The molecule has 1 atom stereocenters. The van der Waals surface area contributed by atoms with Crippen LogP contribution in [0.1, 0.15) is 43.1 Å². The lowest BCUT2D eigenvalue weighted by Crippen LogP contribution is -2.51. The number of ether oxygens (including phenoxy) is 1. The van der Waals surface area contributed by atoms with Gasteiger partial charge in [0.25, 0.3) is 5.91 Å². The van der Waals surface area contributed by atoms with Crippen LogP contribution in [0.4, 0.5) is 0 Å². The molecule has 2 aliphatic rings. The molecule has 2 fully saturated rings. The molecule has 1 N–H and O–H groups in total. The van der Waals surface area contributed by atoms with Gasteiger partial charge >= 0.3 is 5.97 Å². The van der Waals surface area contributed by atoms with Crippen LogP contribution in [0.25, 0.3) is 0 Å². The number of hydrogen-bond donors (Lipinski definition) is 1. The third-order valence-corrected chi connectivity index (χ3v) is 4.81. The van der Waals surface area contributed by atoms with E-state index in [1.807, 2.05) is 6.92 Å². The summed E-state index contributed by atoms with van der Waals surface area (Å²) in [4.78, 5) is 24.3. The quantitative estimate of drug-likeness (QED) is 0.831. The van der Waals surface area contributed by atoms with E-state index in [0.29, 0.717) is 17.7 Å². The SMILES string of the molecule is CCn1nccc1C(=O)NC(C(=O)OC)C1CC2(CC2)C1. The second-order valence-corrected chi connectivity index (χ2v) is 6.17. The standard InChI is InChI=1S/C15H21N3O3/c1-3-18-11(4-7-16-18)13(19)17-12(14(20)21-2)10-8-15(9-10)5-6-15/h4,7,10,12H,3,5-6,8-9H2,1-2H3,(H,17,19). The van der Waals surface area contributed by atoms with E-state index in [0.717, 1.165) is 12.8 Å². The van der Waals surface area contributed by atoms with Gasteiger partial charge in [-0.25, -0.2) is 4.79 Å². The first kappa shape index (κ1) is 14.1. The number of amides is 1. The van der Waals surface area contributed by atoms with Crippen LogP contribution in [0.15, 0.2) is 12.3 Å². The summed E-state index contributed by atoms with van der Waals surface area (Å²) in [5, 5.41) is 6.92. The Hall–Kier alpha value is -1.85. The number of carbonyl (C=O) groups is 2. The molecular formula is C15H21N3O3. The topological polar surface area (TPSA) is 73.2 Å². The van der Waals surface area contributed by atoms with Crippen molar-refractivity contribution >= 4 is 11.9 Å². The fraction of sp³-hybridized carbons (Fsp3) is 0.667. The highest BCUT2D eigenvalue weighted by Crippen LogP contribution is 2.64. The van der Waals surface area contributed by atoms with Crippen LogP contribution in [0, 0.1) is 11.3 Å². The molecule has 1 heterocycles. The average molecular weight is 291 g/mol. The van der Waals surface area contributed by atoms with Crippen molar-refractivity contribution in [3.63, 3.8) is 0 Å². The van der Waals surface area contributed by atoms with Gasteiger partial charge in [0, 0.05) is 12.7 Å². The number of esters is 1. The molecule has 114 valence electrons. The Balaban J connectivity index is 1.69. The molecule has 0 aliphatic heterocycles. The fourth-order valence-corrected chi connectivity index (χ4v) is 3.36. The van der Waals surface area contributed by atoms with Gasteiger partial charge in [-0.2, -0.15) is 5.10 Å². The zero-order chi connectivity index (χ0) is 15.0. The van der Waals surface area contributed by atoms with Crippen LogP contribution in [0.5, 0.6) is 0 Å². The van der Waals surface area contributed by atoms with Gasteiger partial charge in [-0.05, 0) is 50.0 Å². The smallest absolute Gasteiger partial charge is 0.328 e. The van der Waals surface area contributed by atoms with Gasteiger partial charge in [-0.3, -0.25) is 9.48 Å². The van der Waals surface area contributed by atoms with E-state index in [1.165, 1.54) is 20.0 Å². The van der Waals surface area contributed by atoms with Gasteiger partial charge in [0.05, 0.1) is 7.11 Å². The van der Waals surface area contributed by atoms with Crippen LogP contribution in [0.2, 0.25) is 0 Å². The summed E-state index contributed by atoms with van der Waals surface area (Å²) in [6, 6.07) is 1.12. The van der Waals surface area contributed by atoms with Gasteiger partial charge in [0.2, 0.25) is 0 Å². The molecule has 1 unspecified atom stereocenters. The van der Waals surface area contributed by atoms with Crippen LogP contribution in [0.3, 0.4) is 0 Å². The van der Waals surface area contributed by atoms with Gasteiger partial charge in [-0.15, -0.1) is 0 Å². The van der Waals surface area contributed by atoms with Crippen molar-refractivity contribution in [3.05, 3.63) is 18.0 Å². The highest BCUT2D eigenvalue weighted by Gasteiger charge is 2.56.